The zero-order valence-electron chi connectivity index (χ0n) is 17.8. The molecule has 3 aromatic rings. The van der Waals surface area contributed by atoms with Gasteiger partial charge >= 0.3 is 5.97 Å². The highest BCUT2D eigenvalue weighted by molar-refractivity contribution is 5.88. The third kappa shape index (κ3) is 4.82. The first-order valence-corrected chi connectivity index (χ1v) is 10.6. The second kappa shape index (κ2) is 9.68. The second-order valence-corrected chi connectivity index (χ2v) is 7.80. The lowest BCUT2D eigenvalue weighted by atomic mass is 9.98. The van der Waals surface area contributed by atoms with Crippen LogP contribution in [0.3, 0.4) is 0 Å². The molecule has 1 aliphatic carbocycles. The van der Waals surface area contributed by atoms with Crippen LogP contribution < -0.4 is 14.8 Å². The Balaban J connectivity index is 1.72. The highest BCUT2D eigenvalue weighted by Gasteiger charge is 2.24. The highest BCUT2D eigenvalue weighted by atomic mass is 19.1. The second-order valence-electron chi connectivity index (χ2n) is 7.80. The molecular formula is C25H25FN2O4. The maximum atomic E-state index is 15.3. The van der Waals surface area contributed by atoms with Crippen LogP contribution in [0.1, 0.15) is 53.2 Å². The quantitative estimate of drug-likeness (QED) is 0.489. The highest BCUT2D eigenvalue weighted by Crippen LogP contribution is 2.38. The van der Waals surface area contributed by atoms with E-state index in [1.54, 1.807) is 36.7 Å². The largest absolute Gasteiger partial charge is 0.493 e. The fourth-order valence-electron chi connectivity index (χ4n) is 3.97. The van der Waals surface area contributed by atoms with Crippen molar-refractivity contribution in [2.75, 3.05) is 12.4 Å². The van der Waals surface area contributed by atoms with Gasteiger partial charge in [-0.05, 0) is 67.6 Å². The summed E-state index contributed by atoms with van der Waals surface area (Å²) in [5.41, 5.74) is 1.97. The molecule has 32 heavy (non-hydrogen) atoms. The van der Waals surface area contributed by atoms with Gasteiger partial charge in [0.2, 0.25) is 0 Å². The summed E-state index contributed by atoms with van der Waals surface area (Å²) in [5, 5.41) is 12.5. The van der Waals surface area contributed by atoms with Crippen LogP contribution in [0.5, 0.6) is 11.5 Å². The van der Waals surface area contributed by atoms with E-state index in [2.05, 4.69) is 10.3 Å². The number of benzene rings is 2. The number of nitrogens with zero attached hydrogens (tertiary/aromatic N) is 1. The molecule has 0 spiro atoms. The smallest absolute Gasteiger partial charge is 0.335 e. The fraction of sp³-hybridized carbons (Fsp3) is 0.280. The molecule has 1 saturated carbocycles. The maximum Gasteiger partial charge on any atom is 0.335 e. The lowest BCUT2D eigenvalue weighted by molar-refractivity contribution is 0.0697. The Morgan fingerprint density at radius 3 is 2.53 bits per heavy atom. The molecule has 2 aromatic carbocycles. The van der Waals surface area contributed by atoms with Gasteiger partial charge in [-0.3, -0.25) is 4.98 Å². The van der Waals surface area contributed by atoms with Crippen LogP contribution in [0.2, 0.25) is 0 Å². The Bertz CT molecular complexity index is 1070. The van der Waals surface area contributed by atoms with Gasteiger partial charge in [0.1, 0.15) is 5.82 Å². The van der Waals surface area contributed by atoms with Crippen molar-refractivity contribution in [1.29, 1.82) is 0 Å². The lowest BCUT2D eigenvalue weighted by Crippen LogP contribution is -2.16. The number of aromatic carboxylic acids is 1. The summed E-state index contributed by atoms with van der Waals surface area (Å²) in [6.07, 6.45) is 7.59. The van der Waals surface area contributed by atoms with Gasteiger partial charge in [0.25, 0.3) is 0 Å². The van der Waals surface area contributed by atoms with Gasteiger partial charge in [-0.1, -0.05) is 6.07 Å². The molecule has 6 nitrogen and oxygen atoms in total. The molecule has 0 aliphatic heterocycles. The van der Waals surface area contributed by atoms with E-state index < -0.39 is 17.8 Å². The van der Waals surface area contributed by atoms with Gasteiger partial charge < -0.3 is 19.9 Å². The van der Waals surface area contributed by atoms with E-state index in [1.807, 2.05) is 6.07 Å². The Hall–Kier alpha value is -3.61. The van der Waals surface area contributed by atoms with Crippen molar-refractivity contribution in [3.05, 3.63) is 83.4 Å². The Kier molecular flexibility index (Phi) is 6.54. The van der Waals surface area contributed by atoms with Gasteiger partial charge in [-0.2, -0.15) is 0 Å². The van der Waals surface area contributed by atoms with E-state index in [9.17, 15) is 4.79 Å². The molecule has 1 aliphatic rings. The number of carboxylic acids is 1. The summed E-state index contributed by atoms with van der Waals surface area (Å²) in [4.78, 5) is 15.3. The van der Waals surface area contributed by atoms with Crippen molar-refractivity contribution >= 4 is 11.7 Å². The summed E-state index contributed by atoms with van der Waals surface area (Å²) in [7, 11) is 1.50. The van der Waals surface area contributed by atoms with Gasteiger partial charge in [0.15, 0.2) is 11.5 Å². The first-order valence-electron chi connectivity index (χ1n) is 10.6. The number of pyridine rings is 1. The summed E-state index contributed by atoms with van der Waals surface area (Å²) >= 11 is 0. The van der Waals surface area contributed by atoms with Crippen LogP contribution in [-0.4, -0.2) is 29.3 Å². The van der Waals surface area contributed by atoms with Crippen molar-refractivity contribution in [2.24, 2.45) is 0 Å². The number of nitrogens with one attached hydrogen (secondary N) is 1. The average Bonchev–Trinajstić information content (AvgIpc) is 3.32. The zero-order chi connectivity index (χ0) is 22.5. The van der Waals surface area contributed by atoms with E-state index in [4.69, 9.17) is 14.6 Å². The van der Waals surface area contributed by atoms with E-state index in [1.165, 1.54) is 25.3 Å². The number of rotatable bonds is 8. The number of hydrogen-bond acceptors (Lipinski definition) is 5. The first kappa shape index (κ1) is 21.6. The number of aromatic nitrogens is 1. The van der Waals surface area contributed by atoms with Crippen LogP contribution in [-0.2, 0) is 0 Å². The van der Waals surface area contributed by atoms with Gasteiger partial charge in [0, 0.05) is 29.7 Å². The van der Waals surface area contributed by atoms with E-state index >= 15 is 4.39 Å². The third-order valence-electron chi connectivity index (χ3n) is 5.65. The van der Waals surface area contributed by atoms with Crippen LogP contribution >= 0.6 is 0 Å². The van der Waals surface area contributed by atoms with Crippen LogP contribution in [0.15, 0.2) is 60.9 Å². The van der Waals surface area contributed by atoms with Crippen molar-refractivity contribution in [2.45, 2.75) is 37.8 Å². The van der Waals surface area contributed by atoms with Crippen molar-refractivity contribution < 1.29 is 23.8 Å². The molecule has 166 valence electrons. The molecule has 1 heterocycles. The molecule has 1 atom stereocenters. The molecule has 7 heteroatoms. The first-order chi connectivity index (χ1) is 15.5. The molecule has 2 N–H and O–H groups in total. The number of hydrogen-bond donors (Lipinski definition) is 2. The summed E-state index contributed by atoms with van der Waals surface area (Å²) in [6.45, 7) is 0. The molecule has 1 unspecified atom stereocenters. The molecule has 4 rings (SSSR count). The van der Waals surface area contributed by atoms with Crippen LogP contribution in [0.25, 0.3) is 0 Å². The average molecular weight is 436 g/mol. The molecular weight excluding hydrogens is 411 g/mol. The van der Waals surface area contributed by atoms with E-state index in [0.29, 0.717) is 22.7 Å². The summed E-state index contributed by atoms with van der Waals surface area (Å²) in [5.74, 6) is -0.582. The summed E-state index contributed by atoms with van der Waals surface area (Å²) in [6, 6.07) is 12.4. The minimum absolute atomic E-state index is 0.0931. The van der Waals surface area contributed by atoms with Crippen molar-refractivity contribution in [1.82, 2.24) is 4.98 Å². The van der Waals surface area contributed by atoms with Gasteiger partial charge in [-0.15, -0.1) is 0 Å². The molecule has 0 amide bonds. The topological polar surface area (TPSA) is 80.7 Å². The minimum Gasteiger partial charge on any atom is -0.493 e. The number of halogens is 1. The van der Waals surface area contributed by atoms with Crippen LogP contribution in [0.4, 0.5) is 10.1 Å². The van der Waals surface area contributed by atoms with Crippen molar-refractivity contribution in [3.8, 4) is 11.5 Å². The third-order valence-corrected chi connectivity index (χ3v) is 5.65. The molecule has 0 bridgehead atoms. The number of carbonyl (C=O) groups is 1. The van der Waals surface area contributed by atoms with E-state index in [0.717, 1.165) is 31.2 Å². The van der Waals surface area contributed by atoms with Gasteiger partial charge in [-0.25, -0.2) is 9.18 Å². The fourth-order valence-corrected chi connectivity index (χ4v) is 3.97. The number of anilines is 1. The van der Waals surface area contributed by atoms with Crippen LogP contribution in [0, 0.1) is 5.82 Å². The summed E-state index contributed by atoms with van der Waals surface area (Å²) < 4.78 is 26.8. The predicted octanol–water partition coefficient (Wildman–Crippen LogP) is 5.45. The zero-order valence-corrected chi connectivity index (χ0v) is 17.8. The van der Waals surface area contributed by atoms with Crippen molar-refractivity contribution in [3.63, 3.8) is 0 Å². The Labute approximate surface area is 186 Å². The molecule has 1 fully saturated rings. The number of methoxy groups -OCH3 is 1. The Morgan fingerprint density at radius 1 is 1.16 bits per heavy atom. The molecule has 0 radical (unpaired) electrons. The molecule has 0 saturated heterocycles. The standard InChI is InChI=1S/C25H25FN2O4/c1-31-22-14-21(26)20(13-23(22)32-19-6-2-3-7-19)24(17-5-4-12-27-15-17)28-18-10-8-16(9-11-18)25(29)30/h4-5,8-15,19,24,28H,2-3,6-7H2,1H3,(H,29,30). The van der Waals surface area contributed by atoms with Gasteiger partial charge in [0.05, 0.1) is 24.8 Å². The maximum absolute atomic E-state index is 15.3. The Morgan fingerprint density at radius 2 is 1.91 bits per heavy atom. The lowest BCUT2D eigenvalue weighted by Gasteiger charge is -2.24. The monoisotopic (exact) mass is 436 g/mol. The predicted molar refractivity (Wildman–Crippen MR) is 119 cm³/mol. The minimum atomic E-state index is -1.00. The number of carboxylic acid groups (broad SMARTS) is 1. The molecule has 1 aromatic heterocycles. The normalized spacial score (nSPS) is 14.7. The number of ether oxygens (including phenoxy) is 2. The SMILES string of the molecule is COc1cc(F)c(C(Nc2ccc(C(=O)O)cc2)c2cccnc2)cc1OC1CCCC1. The van der Waals surface area contributed by atoms with E-state index in [-0.39, 0.29) is 11.7 Å².